The van der Waals surface area contributed by atoms with Crippen LogP contribution in [-0.2, 0) is 25.7 Å². The first-order valence-corrected chi connectivity index (χ1v) is 18.3. The first kappa shape index (κ1) is 38.3. The number of nitriles is 1. The van der Waals surface area contributed by atoms with Crippen molar-refractivity contribution in [3.63, 3.8) is 0 Å². The number of rotatable bonds is 14. The Labute approximate surface area is 302 Å². The maximum absolute atomic E-state index is 12.3. The fraction of sp³-hybridized carbons (Fsp3) is 0.267. The van der Waals surface area contributed by atoms with E-state index in [-0.39, 0.29) is 67.0 Å². The van der Waals surface area contributed by atoms with Crippen molar-refractivity contribution in [2.75, 3.05) is 42.3 Å². The number of nitrogens with zero attached hydrogens (tertiary/aromatic N) is 10. The smallest absolute Gasteiger partial charge is 0.296 e. The van der Waals surface area contributed by atoms with Crippen LogP contribution in [0.1, 0.15) is 32.0 Å². The average molecular weight is 768 g/mol. The molecular formula is C30H33N13O8S2. The highest BCUT2D eigenvalue weighted by Gasteiger charge is 2.30. The Kier molecular flexibility index (Phi) is 11.1. The predicted molar refractivity (Wildman–Crippen MR) is 189 cm³/mol. The summed E-state index contributed by atoms with van der Waals surface area (Å²) < 4.78 is 70.6. The highest BCUT2D eigenvalue weighted by atomic mass is 32.2. The van der Waals surface area contributed by atoms with Crippen LogP contribution in [0.2, 0.25) is 0 Å². The predicted octanol–water partition coefficient (Wildman–Crippen LogP) is 2.87. The summed E-state index contributed by atoms with van der Waals surface area (Å²) in [5, 5.41) is 55.1. The third-order valence-electron chi connectivity index (χ3n) is 7.07. The van der Waals surface area contributed by atoms with Crippen LogP contribution >= 0.6 is 0 Å². The lowest BCUT2D eigenvalue weighted by Crippen LogP contribution is -2.15. The van der Waals surface area contributed by atoms with Gasteiger partial charge in [0.25, 0.3) is 20.2 Å². The van der Waals surface area contributed by atoms with Crippen LogP contribution in [0.25, 0.3) is 11.4 Å². The van der Waals surface area contributed by atoms with Crippen molar-refractivity contribution >= 4 is 55.4 Å². The fourth-order valence-electron chi connectivity index (χ4n) is 4.74. The van der Waals surface area contributed by atoms with Crippen LogP contribution in [-0.4, -0.2) is 97.0 Å². The lowest BCUT2D eigenvalue weighted by molar-refractivity contribution is 0.310. The largest absolute Gasteiger partial charge is 0.395 e. The fourth-order valence-corrected chi connectivity index (χ4v) is 5.89. The van der Waals surface area contributed by atoms with Gasteiger partial charge in [-0.1, -0.05) is 39.0 Å². The third-order valence-corrected chi connectivity index (χ3v) is 8.82. The number of anilines is 4. The van der Waals surface area contributed by atoms with Gasteiger partial charge in [-0.25, -0.2) is 9.36 Å². The SMILES string of the molecule is CC(C)(C)c1nn(-c2ccccc2)c(Nc2nc(NCCO)nc(NCCO)n2)c1/N=N/c1c(C#N)cnn1-c1cc(S(=O)(=O)O)ccc1S(=O)(=O)O. The Balaban J connectivity index is 1.76. The molecule has 0 unspecified atom stereocenters. The number of benzene rings is 2. The zero-order chi connectivity index (χ0) is 38.6. The van der Waals surface area contributed by atoms with E-state index in [2.05, 4.69) is 46.2 Å². The number of hydrogen-bond donors (Lipinski definition) is 7. The first-order chi connectivity index (χ1) is 25.0. The van der Waals surface area contributed by atoms with Gasteiger partial charge in [-0.05, 0) is 30.3 Å². The molecule has 0 spiro atoms. The minimum Gasteiger partial charge on any atom is -0.395 e. The summed E-state index contributed by atoms with van der Waals surface area (Å²) in [6.45, 7) is 5.35. The summed E-state index contributed by atoms with van der Waals surface area (Å²) in [5.74, 6) is -0.0989. The molecule has 5 rings (SSSR count). The molecule has 53 heavy (non-hydrogen) atoms. The summed E-state index contributed by atoms with van der Waals surface area (Å²) in [6.07, 6.45) is 1.02. The Morgan fingerprint density at radius 3 is 2.02 bits per heavy atom. The molecule has 0 atom stereocenters. The van der Waals surface area contributed by atoms with Gasteiger partial charge in [0.2, 0.25) is 17.8 Å². The Morgan fingerprint density at radius 2 is 1.47 bits per heavy atom. The van der Waals surface area contributed by atoms with Crippen molar-refractivity contribution in [3.05, 3.63) is 66.0 Å². The van der Waals surface area contributed by atoms with E-state index in [0.717, 1.165) is 29.1 Å². The van der Waals surface area contributed by atoms with Gasteiger partial charge < -0.3 is 26.2 Å². The topological polar surface area (TPSA) is 308 Å². The molecule has 21 nitrogen and oxygen atoms in total. The van der Waals surface area contributed by atoms with E-state index in [0.29, 0.717) is 11.4 Å². The van der Waals surface area contributed by atoms with Crippen molar-refractivity contribution in [2.45, 2.75) is 36.0 Å². The molecule has 278 valence electrons. The monoisotopic (exact) mass is 767 g/mol. The number of aliphatic hydroxyl groups is 2. The molecule has 0 aliphatic carbocycles. The molecule has 0 bridgehead atoms. The van der Waals surface area contributed by atoms with Crippen LogP contribution in [0.5, 0.6) is 0 Å². The number of nitrogens with one attached hydrogen (secondary N) is 3. The molecule has 0 fully saturated rings. The molecule has 5 aromatic rings. The minimum absolute atomic E-state index is 0.0301. The number of azo groups is 1. The van der Waals surface area contributed by atoms with E-state index in [1.165, 1.54) is 4.68 Å². The maximum atomic E-state index is 12.3. The zero-order valence-corrected chi connectivity index (χ0v) is 29.9. The van der Waals surface area contributed by atoms with E-state index in [4.69, 9.17) is 5.10 Å². The second-order valence-electron chi connectivity index (χ2n) is 12.0. The number of hydrogen-bond acceptors (Lipinski definition) is 17. The van der Waals surface area contributed by atoms with Crippen LogP contribution < -0.4 is 16.0 Å². The van der Waals surface area contributed by atoms with Crippen LogP contribution in [0.4, 0.5) is 35.2 Å². The number of aliphatic hydroxyl groups excluding tert-OH is 2. The number of aromatic nitrogens is 7. The molecule has 3 heterocycles. The zero-order valence-electron chi connectivity index (χ0n) is 28.2. The second kappa shape index (κ2) is 15.4. The highest BCUT2D eigenvalue weighted by molar-refractivity contribution is 7.86. The van der Waals surface area contributed by atoms with E-state index in [1.807, 2.05) is 26.8 Å². The van der Waals surface area contributed by atoms with Crippen molar-refractivity contribution < 1.29 is 36.2 Å². The first-order valence-electron chi connectivity index (χ1n) is 15.5. The normalized spacial score (nSPS) is 12.2. The lowest BCUT2D eigenvalue weighted by Gasteiger charge is -2.15. The molecule has 3 aromatic heterocycles. The van der Waals surface area contributed by atoms with Crippen molar-refractivity contribution in [1.29, 1.82) is 5.26 Å². The molecule has 0 aliphatic rings. The van der Waals surface area contributed by atoms with Gasteiger partial charge in [0.15, 0.2) is 17.3 Å². The van der Waals surface area contributed by atoms with Crippen LogP contribution in [0.3, 0.4) is 0 Å². The van der Waals surface area contributed by atoms with E-state index in [9.17, 15) is 41.4 Å². The van der Waals surface area contributed by atoms with Gasteiger partial charge in [0.05, 0.1) is 41.4 Å². The summed E-state index contributed by atoms with van der Waals surface area (Å²) in [6, 6.07) is 13.0. The van der Waals surface area contributed by atoms with Gasteiger partial charge in [0.1, 0.15) is 16.5 Å². The van der Waals surface area contributed by atoms with E-state index < -0.39 is 41.1 Å². The molecule has 0 radical (unpaired) electrons. The molecule has 2 aromatic carbocycles. The average Bonchev–Trinajstić information content (AvgIpc) is 3.69. The summed E-state index contributed by atoms with van der Waals surface area (Å²) in [7, 11) is -9.88. The van der Waals surface area contributed by atoms with E-state index >= 15 is 0 Å². The molecular weight excluding hydrogens is 735 g/mol. The summed E-state index contributed by atoms with van der Waals surface area (Å²) in [4.78, 5) is 11.5. The quantitative estimate of drug-likeness (QED) is 0.0631. The molecule has 0 aliphatic heterocycles. The minimum atomic E-state index is -5.01. The van der Waals surface area contributed by atoms with E-state index in [1.54, 1.807) is 30.3 Å². The molecule has 0 saturated carbocycles. The van der Waals surface area contributed by atoms with Gasteiger partial charge in [-0.3, -0.25) is 9.11 Å². The van der Waals surface area contributed by atoms with Crippen molar-refractivity contribution in [2.24, 2.45) is 10.2 Å². The Hall–Kier alpha value is -5.90. The molecule has 0 amide bonds. The van der Waals surface area contributed by atoms with Gasteiger partial charge in [-0.15, -0.1) is 10.2 Å². The third kappa shape index (κ3) is 8.77. The molecule has 23 heteroatoms. The summed E-state index contributed by atoms with van der Waals surface area (Å²) in [5.41, 5.74) is -0.484. The van der Waals surface area contributed by atoms with Crippen molar-refractivity contribution in [1.82, 2.24) is 34.5 Å². The highest BCUT2D eigenvalue weighted by Crippen LogP contribution is 2.41. The van der Waals surface area contributed by atoms with Gasteiger partial charge >= 0.3 is 0 Å². The van der Waals surface area contributed by atoms with Gasteiger partial charge in [-0.2, -0.15) is 47.2 Å². The van der Waals surface area contributed by atoms with Crippen LogP contribution in [0, 0.1) is 11.3 Å². The van der Waals surface area contributed by atoms with Crippen LogP contribution in [0.15, 0.2) is 74.7 Å². The molecule has 7 N–H and O–H groups in total. The van der Waals surface area contributed by atoms with Gasteiger partial charge in [0, 0.05) is 18.5 Å². The number of para-hydroxylation sites is 1. The maximum Gasteiger partial charge on any atom is 0.296 e. The van der Waals surface area contributed by atoms with Crippen molar-refractivity contribution in [3.8, 4) is 17.4 Å². The Morgan fingerprint density at radius 1 is 0.849 bits per heavy atom. The molecule has 0 saturated heterocycles. The second-order valence-corrected chi connectivity index (χ2v) is 14.8. The standard InChI is InChI=1S/C30H33N13O8S2/c1-30(2,3)24-23(39-40-25-18(16-31)17-34-43(25)21-15-20(52(46,47)48)9-10-22(21)53(49,50)51)26(42(41-24)19-7-5-4-6-8-19)35-29-37-27(32-11-13-44)36-28(38-29)33-12-14-45/h4-10,15,17,44-45H,11-14H2,1-3H3,(H,46,47,48)(H,49,50,51)(H3,32,33,35,36,37,38)/b40-39+. The summed E-state index contributed by atoms with van der Waals surface area (Å²) >= 11 is 0. The lowest BCUT2D eigenvalue weighted by atomic mass is 9.91. The Bertz CT molecular complexity index is 2390.